The molecule has 0 saturated carbocycles. The summed E-state index contributed by atoms with van der Waals surface area (Å²) in [4.78, 5) is 10.00. The maximum absolute atomic E-state index is 10.00. The lowest BCUT2D eigenvalue weighted by atomic mass is 9.91. The van der Waals surface area contributed by atoms with Crippen LogP contribution in [0.5, 0.6) is 0 Å². The summed E-state index contributed by atoms with van der Waals surface area (Å²) in [5.41, 5.74) is 0. The van der Waals surface area contributed by atoms with Gasteiger partial charge >= 0.3 is 0 Å². The minimum atomic E-state index is 0.312. The Labute approximate surface area is 57.5 Å². The van der Waals surface area contributed by atoms with Crippen LogP contribution in [0.1, 0.15) is 26.7 Å². The van der Waals surface area contributed by atoms with E-state index < -0.39 is 0 Å². The van der Waals surface area contributed by atoms with Crippen LogP contribution in [0.4, 0.5) is 0 Å². The molecule has 0 aliphatic rings. The highest BCUT2D eigenvalue weighted by Gasteiger charge is 2.14. The van der Waals surface area contributed by atoms with Crippen LogP contribution in [-0.4, -0.2) is 6.29 Å². The van der Waals surface area contributed by atoms with Gasteiger partial charge in [0.2, 0.25) is 0 Å². The summed E-state index contributed by atoms with van der Waals surface area (Å²) in [6, 6.07) is 0. The summed E-state index contributed by atoms with van der Waals surface area (Å²) < 4.78 is 0. The summed E-state index contributed by atoms with van der Waals surface area (Å²) in [6.45, 7) is 8.11. The SMILES string of the molecule is [CH2+]C(CC=O)C(C)CC. The third-order valence-corrected chi connectivity index (χ3v) is 1.85. The third-order valence-electron chi connectivity index (χ3n) is 1.85. The van der Waals surface area contributed by atoms with Gasteiger partial charge in [-0.3, -0.25) is 0 Å². The van der Waals surface area contributed by atoms with Crippen LogP contribution in [0.2, 0.25) is 0 Å². The molecule has 0 aromatic rings. The molecule has 0 saturated heterocycles. The Hall–Kier alpha value is -0.460. The number of carbonyl (C=O) groups excluding carboxylic acids is 1. The van der Waals surface area contributed by atoms with Crippen LogP contribution in [0.15, 0.2) is 0 Å². The number of rotatable bonds is 4. The smallest absolute Gasteiger partial charge is 0.124 e. The van der Waals surface area contributed by atoms with Crippen molar-refractivity contribution in [3.05, 3.63) is 6.92 Å². The molecule has 1 nitrogen and oxygen atoms in total. The van der Waals surface area contributed by atoms with Gasteiger partial charge < -0.3 is 4.79 Å². The maximum atomic E-state index is 10.00. The second-order valence-electron chi connectivity index (χ2n) is 2.55. The van der Waals surface area contributed by atoms with E-state index in [0.717, 1.165) is 12.7 Å². The van der Waals surface area contributed by atoms with Gasteiger partial charge in [-0.05, 0) is 12.3 Å². The first kappa shape index (κ1) is 8.54. The molecule has 0 fully saturated rings. The third kappa shape index (κ3) is 3.17. The first-order valence-corrected chi connectivity index (χ1v) is 3.49. The van der Waals surface area contributed by atoms with E-state index in [-0.39, 0.29) is 0 Å². The largest absolute Gasteiger partial charge is 0.303 e. The zero-order chi connectivity index (χ0) is 7.28. The molecule has 2 unspecified atom stereocenters. The predicted molar refractivity (Wildman–Crippen MR) is 39.0 cm³/mol. The minimum absolute atomic E-state index is 0.312. The predicted octanol–water partition coefficient (Wildman–Crippen LogP) is 2.07. The molecule has 0 N–H and O–H groups in total. The summed E-state index contributed by atoms with van der Waals surface area (Å²) in [7, 11) is 0. The molecule has 0 aliphatic carbocycles. The highest BCUT2D eigenvalue weighted by molar-refractivity contribution is 5.49. The Balaban J connectivity index is 3.44. The molecule has 0 radical (unpaired) electrons. The van der Waals surface area contributed by atoms with Gasteiger partial charge in [0, 0.05) is 6.42 Å². The molecule has 52 valence electrons. The molecule has 0 aromatic heterocycles. The molecule has 2 atom stereocenters. The van der Waals surface area contributed by atoms with E-state index in [1.165, 1.54) is 0 Å². The Morgan fingerprint density at radius 3 is 2.56 bits per heavy atom. The van der Waals surface area contributed by atoms with E-state index >= 15 is 0 Å². The zero-order valence-corrected chi connectivity index (χ0v) is 6.26. The zero-order valence-electron chi connectivity index (χ0n) is 6.26. The van der Waals surface area contributed by atoms with Crippen LogP contribution < -0.4 is 0 Å². The van der Waals surface area contributed by atoms with Crippen molar-refractivity contribution in [1.29, 1.82) is 0 Å². The molecular weight excluding hydrogens is 112 g/mol. The van der Waals surface area contributed by atoms with Crippen molar-refractivity contribution in [2.45, 2.75) is 26.7 Å². The summed E-state index contributed by atoms with van der Waals surface area (Å²) >= 11 is 0. The van der Waals surface area contributed by atoms with Crippen molar-refractivity contribution in [3.8, 4) is 0 Å². The lowest BCUT2D eigenvalue weighted by Gasteiger charge is -2.07. The number of hydrogen-bond donors (Lipinski definition) is 0. The fourth-order valence-electron chi connectivity index (χ4n) is 0.689. The van der Waals surface area contributed by atoms with Crippen molar-refractivity contribution in [2.75, 3.05) is 0 Å². The van der Waals surface area contributed by atoms with Crippen LogP contribution in [0, 0.1) is 18.8 Å². The van der Waals surface area contributed by atoms with Crippen LogP contribution >= 0.6 is 0 Å². The minimum Gasteiger partial charge on any atom is -0.303 e. The van der Waals surface area contributed by atoms with E-state index in [4.69, 9.17) is 0 Å². The molecule has 0 rings (SSSR count). The van der Waals surface area contributed by atoms with E-state index in [9.17, 15) is 4.79 Å². The van der Waals surface area contributed by atoms with Gasteiger partial charge in [0.05, 0.1) is 6.92 Å². The van der Waals surface area contributed by atoms with E-state index in [0.29, 0.717) is 18.3 Å². The second kappa shape index (κ2) is 4.42. The summed E-state index contributed by atoms with van der Waals surface area (Å²) in [6.07, 6.45) is 2.67. The van der Waals surface area contributed by atoms with Crippen LogP contribution in [0.3, 0.4) is 0 Å². The van der Waals surface area contributed by atoms with Gasteiger partial charge in [-0.25, -0.2) is 0 Å². The molecule has 0 bridgehead atoms. The second-order valence-corrected chi connectivity index (χ2v) is 2.55. The fourth-order valence-corrected chi connectivity index (χ4v) is 0.689. The molecule has 0 aliphatic heterocycles. The Kier molecular flexibility index (Phi) is 4.20. The van der Waals surface area contributed by atoms with Crippen molar-refractivity contribution in [2.24, 2.45) is 11.8 Å². The summed E-state index contributed by atoms with van der Waals surface area (Å²) in [5.74, 6) is 0.891. The van der Waals surface area contributed by atoms with Gasteiger partial charge in [0.1, 0.15) is 12.2 Å². The molecule has 0 amide bonds. The molecule has 0 heterocycles. The normalized spacial score (nSPS) is 16.7. The van der Waals surface area contributed by atoms with Crippen molar-refractivity contribution < 1.29 is 4.79 Å². The highest BCUT2D eigenvalue weighted by Crippen LogP contribution is 2.15. The van der Waals surface area contributed by atoms with Crippen LogP contribution in [0.25, 0.3) is 0 Å². The average molecular weight is 127 g/mol. The lowest BCUT2D eigenvalue weighted by molar-refractivity contribution is -0.108. The van der Waals surface area contributed by atoms with Crippen LogP contribution in [-0.2, 0) is 4.79 Å². The van der Waals surface area contributed by atoms with Gasteiger partial charge in [0.25, 0.3) is 0 Å². The van der Waals surface area contributed by atoms with Crippen molar-refractivity contribution in [1.82, 2.24) is 0 Å². The molecule has 9 heavy (non-hydrogen) atoms. The van der Waals surface area contributed by atoms with E-state index in [2.05, 4.69) is 20.8 Å². The Morgan fingerprint density at radius 2 is 2.22 bits per heavy atom. The maximum Gasteiger partial charge on any atom is 0.124 e. The number of hydrogen-bond acceptors (Lipinski definition) is 1. The summed E-state index contributed by atoms with van der Waals surface area (Å²) in [5, 5.41) is 0. The Morgan fingerprint density at radius 1 is 1.67 bits per heavy atom. The molecule has 1 heteroatoms. The Bertz CT molecular complexity index is 78.6. The highest BCUT2D eigenvalue weighted by atomic mass is 16.1. The van der Waals surface area contributed by atoms with Crippen molar-refractivity contribution in [3.63, 3.8) is 0 Å². The average Bonchev–Trinajstić information content (AvgIpc) is 1.87. The first-order valence-electron chi connectivity index (χ1n) is 3.49. The first-order chi connectivity index (χ1) is 4.22. The van der Waals surface area contributed by atoms with Gasteiger partial charge in [-0.2, -0.15) is 0 Å². The molecule has 0 spiro atoms. The standard InChI is InChI=1S/C8H15O/c1-4-7(2)8(3)5-6-9/h6-8H,3-5H2,1-2H3/q+1. The fraction of sp³-hybridized carbons (Fsp3) is 0.750. The lowest BCUT2D eigenvalue weighted by Crippen LogP contribution is -2.06. The van der Waals surface area contributed by atoms with E-state index in [1.807, 2.05) is 0 Å². The van der Waals surface area contributed by atoms with Gasteiger partial charge in [-0.15, -0.1) is 0 Å². The topological polar surface area (TPSA) is 17.1 Å². The quantitative estimate of drug-likeness (QED) is 0.417. The molecular formula is C8H15O+. The van der Waals surface area contributed by atoms with E-state index in [1.54, 1.807) is 0 Å². The van der Waals surface area contributed by atoms with Gasteiger partial charge in [0.15, 0.2) is 0 Å². The van der Waals surface area contributed by atoms with Gasteiger partial charge in [-0.1, -0.05) is 13.8 Å². The monoisotopic (exact) mass is 127 g/mol. The molecule has 0 aromatic carbocycles. The van der Waals surface area contributed by atoms with Crippen molar-refractivity contribution >= 4 is 6.29 Å². The number of carbonyl (C=O) groups is 1. The number of aldehydes is 1.